The molecule has 1 aromatic heterocycles. The maximum absolute atomic E-state index is 11.9. The Kier molecular flexibility index (Phi) is 3.67. The number of thiocarbonyl (C=S) groups is 1. The lowest BCUT2D eigenvalue weighted by molar-refractivity contribution is -0.135. The summed E-state index contributed by atoms with van der Waals surface area (Å²) in [5.41, 5.74) is 1.12. The van der Waals surface area contributed by atoms with Crippen molar-refractivity contribution in [3.63, 3.8) is 0 Å². The Hall–Kier alpha value is -1.89. The molecule has 2 aliphatic rings. The van der Waals surface area contributed by atoms with Gasteiger partial charge in [-0.15, -0.1) is 0 Å². The summed E-state index contributed by atoms with van der Waals surface area (Å²) in [6.07, 6.45) is 1.06. The van der Waals surface area contributed by atoms with E-state index in [1.54, 1.807) is 12.1 Å². The maximum Gasteiger partial charge on any atom is 0.322 e. The molecule has 2 bridgehead atoms. The second-order valence-electron chi connectivity index (χ2n) is 5.66. The lowest BCUT2D eigenvalue weighted by Gasteiger charge is -2.43. The minimum absolute atomic E-state index is 0.0576. The van der Waals surface area contributed by atoms with Gasteiger partial charge in [0.2, 0.25) is 0 Å². The SMILES string of the molecule is O=C(O)CNC(=S)N1CC2CC(C1)c1cccc(=O)n1C2. The van der Waals surface area contributed by atoms with Crippen LogP contribution in [0, 0.1) is 5.92 Å². The van der Waals surface area contributed by atoms with E-state index in [1.807, 2.05) is 15.5 Å². The Morgan fingerprint density at radius 1 is 1.38 bits per heavy atom. The predicted molar refractivity (Wildman–Crippen MR) is 81.4 cm³/mol. The average molecular weight is 307 g/mol. The number of likely N-dealkylation sites (tertiary alicyclic amines) is 1. The molecule has 2 N–H and O–H groups in total. The standard InChI is InChI=1S/C14H17N3O3S/c18-12-3-1-2-11-10-4-9(7-17(11)12)6-16(8-10)14(21)15-5-13(19)20/h1-3,9-10H,4-8H2,(H,15,21)(H,19,20). The molecule has 7 heteroatoms. The average Bonchev–Trinajstić information content (AvgIpc) is 2.45. The second-order valence-corrected chi connectivity index (χ2v) is 6.04. The minimum Gasteiger partial charge on any atom is -0.480 e. The van der Waals surface area contributed by atoms with Gasteiger partial charge in [-0.1, -0.05) is 6.07 Å². The smallest absolute Gasteiger partial charge is 0.322 e. The number of carboxylic acid groups (broad SMARTS) is 1. The zero-order valence-corrected chi connectivity index (χ0v) is 12.3. The number of hydrogen-bond acceptors (Lipinski definition) is 3. The third-order valence-electron chi connectivity index (χ3n) is 4.16. The largest absolute Gasteiger partial charge is 0.480 e. The number of nitrogens with zero attached hydrogens (tertiary/aromatic N) is 2. The molecule has 3 rings (SSSR count). The van der Waals surface area contributed by atoms with Crippen molar-refractivity contribution < 1.29 is 9.90 Å². The first-order valence-electron chi connectivity index (χ1n) is 6.99. The van der Waals surface area contributed by atoms with Crippen LogP contribution < -0.4 is 10.9 Å². The van der Waals surface area contributed by atoms with Crippen molar-refractivity contribution in [3.8, 4) is 0 Å². The molecule has 1 fully saturated rings. The van der Waals surface area contributed by atoms with Gasteiger partial charge in [-0.25, -0.2) is 0 Å². The Morgan fingerprint density at radius 2 is 2.19 bits per heavy atom. The van der Waals surface area contributed by atoms with E-state index >= 15 is 0 Å². The van der Waals surface area contributed by atoms with Gasteiger partial charge >= 0.3 is 5.97 Å². The van der Waals surface area contributed by atoms with Crippen LogP contribution in [0.15, 0.2) is 23.0 Å². The van der Waals surface area contributed by atoms with Crippen LogP contribution in [0.25, 0.3) is 0 Å². The molecule has 6 nitrogen and oxygen atoms in total. The Bertz CT molecular complexity index is 643. The predicted octanol–water partition coefficient (Wildman–Crippen LogP) is 0.226. The number of pyridine rings is 1. The molecule has 0 spiro atoms. The highest BCUT2D eigenvalue weighted by atomic mass is 32.1. The highest BCUT2D eigenvalue weighted by Gasteiger charge is 2.35. The third kappa shape index (κ3) is 2.78. The molecule has 3 heterocycles. The van der Waals surface area contributed by atoms with Gasteiger partial charge in [0, 0.05) is 37.3 Å². The van der Waals surface area contributed by atoms with Crippen LogP contribution in [0.4, 0.5) is 0 Å². The molecule has 1 aromatic rings. The summed E-state index contributed by atoms with van der Waals surface area (Å²) in [4.78, 5) is 24.6. The zero-order chi connectivity index (χ0) is 15.0. The number of aromatic nitrogens is 1. The maximum atomic E-state index is 11.9. The summed E-state index contributed by atoms with van der Waals surface area (Å²) in [5, 5.41) is 12.0. The fraction of sp³-hybridized carbons (Fsp3) is 0.500. The first-order valence-corrected chi connectivity index (χ1v) is 7.39. The summed E-state index contributed by atoms with van der Waals surface area (Å²) in [5.74, 6) is -0.275. The van der Waals surface area contributed by atoms with Crippen molar-refractivity contribution in [3.05, 3.63) is 34.2 Å². The van der Waals surface area contributed by atoms with Crippen LogP contribution in [0.3, 0.4) is 0 Å². The quantitative estimate of drug-likeness (QED) is 0.762. The van der Waals surface area contributed by atoms with E-state index in [0.717, 1.165) is 25.2 Å². The van der Waals surface area contributed by atoms with Gasteiger partial charge in [0.25, 0.3) is 5.56 Å². The Balaban J connectivity index is 1.77. The van der Waals surface area contributed by atoms with Crippen LogP contribution in [0.1, 0.15) is 18.0 Å². The molecule has 0 aromatic carbocycles. The summed E-state index contributed by atoms with van der Waals surface area (Å²) in [6.45, 7) is 2.04. The number of piperidine rings is 1. The second kappa shape index (κ2) is 5.48. The van der Waals surface area contributed by atoms with E-state index in [-0.39, 0.29) is 18.0 Å². The fourth-order valence-corrected chi connectivity index (χ4v) is 3.55. The van der Waals surface area contributed by atoms with Gasteiger partial charge in [-0.05, 0) is 30.6 Å². The van der Waals surface area contributed by atoms with Crippen molar-refractivity contribution in [2.24, 2.45) is 5.92 Å². The molecule has 112 valence electrons. The van der Waals surface area contributed by atoms with Crippen LogP contribution in [-0.2, 0) is 11.3 Å². The van der Waals surface area contributed by atoms with E-state index in [1.165, 1.54) is 0 Å². The molecule has 1 saturated heterocycles. The number of aliphatic carboxylic acids is 1. The van der Waals surface area contributed by atoms with Gasteiger partial charge in [-0.2, -0.15) is 0 Å². The van der Waals surface area contributed by atoms with E-state index in [4.69, 9.17) is 17.3 Å². The van der Waals surface area contributed by atoms with Crippen molar-refractivity contribution in [2.75, 3.05) is 19.6 Å². The highest BCUT2D eigenvalue weighted by molar-refractivity contribution is 7.80. The number of carbonyl (C=O) groups is 1. The van der Waals surface area contributed by atoms with Crippen LogP contribution in [-0.4, -0.2) is 45.3 Å². The molecule has 2 atom stereocenters. The molecular weight excluding hydrogens is 290 g/mol. The summed E-state index contributed by atoms with van der Waals surface area (Å²) in [6, 6.07) is 5.40. The Morgan fingerprint density at radius 3 is 2.95 bits per heavy atom. The fourth-order valence-electron chi connectivity index (χ4n) is 3.33. The van der Waals surface area contributed by atoms with Crippen LogP contribution in [0.5, 0.6) is 0 Å². The highest BCUT2D eigenvalue weighted by Crippen LogP contribution is 2.34. The normalized spacial score (nSPS) is 23.3. The van der Waals surface area contributed by atoms with Crippen molar-refractivity contribution in [2.45, 2.75) is 18.9 Å². The summed E-state index contributed by atoms with van der Waals surface area (Å²) >= 11 is 5.28. The summed E-state index contributed by atoms with van der Waals surface area (Å²) in [7, 11) is 0. The minimum atomic E-state index is -0.925. The van der Waals surface area contributed by atoms with Crippen LogP contribution in [0.2, 0.25) is 0 Å². The number of carboxylic acids is 1. The molecule has 2 aliphatic heterocycles. The Labute approximate surface area is 127 Å². The molecule has 0 saturated carbocycles. The number of nitrogens with one attached hydrogen (secondary N) is 1. The number of hydrogen-bond donors (Lipinski definition) is 2. The first-order chi connectivity index (χ1) is 10.0. The molecule has 0 radical (unpaired) electrons. The number of rotatable bonds is 2. The van der Waals surface area contributed by atoms with Crippen molar-refractivity contribution in [1.82, 2.24) is 14.8 Å². The lowest BCUT2D eigenvalue weighted by Crippen LogP contribution is -2.52. The number of fused-ring (bicyclic) bond motifs is 4. The lowest BCUT2D eigenvalue weighted by atomic mass is 9.83. The molecule has 21 heavy (non-hydrogen) atoms. The van der Waals surface area contributed by atoms with Crippen molar-refractivity contribution >= 4 is 23.3 Å². The van der Waals surface area contributed by atoms with E-state index in [0.29, 0.717) is 17.6 Å². The molecule has 0 amide bonds. The zero-order valence-electron chi connectivity index (χ0n) is 11.5. The first kappa shape index (κ1) is 14.1. The van der Waals surface area contributed by atoms with E-state index in [9.17, 15) is 9.59 Å². The molecular formula is C14H17N3O3S. The van der Waals surface area contributed by atoms with E-state index < -0.39 is 5.97 Å². The topological polar surface area (TPSA) is 74.6 Å². The van der Waals surface area contributed by atoms with Gasteiger partial charge < -0.3 is 19.9 Å². The van der Waals surface area contributed by atoms with Crippen LogP contribution >= 0.6 is 12.2 Å². The molecule has 2 unspecified atom stereocenters. The van der Waals surface area contributed by atoms with E-state index in [2.05, 4.69) is 5.32 Å². The van der Waals surface area contributed by atoms with Gasteiger partial charge in [0.15, 0.2) is 5.11 Å². The molecule has 0 aliphatic carbocycles. The monoisotopic (exact) mass is 307 g/mol. The van der Waals surface area contributed by atoms with Gasteiger partial charge in [0.1, 0.15) is 6.54 Å². The van der Waals surface area contributed by atoms with Crippen molar-refractivity contribution in [1.29, 1.82) is 0 Å². The third-order valence-corrected chi connectivity index (χ3v) is 4.56. The van der Waals surface area contributed by atoms with Gasteiger partial charge in [-0.3, -0.25) is 9.59 Å². The van der Waals surface area contributed by atoms with Gasteiger partial charge in [0.05, 0.1) is 0 Å². The summed E-state index contributed by atoms with van der Waals surface area (Å²) < 4.78 is 1.86.